The molecule has 0 spiro atoms. The summed E-state index contributed by atoms with van der Waals surface area (Å²) in [5, 5.41) is 3.40. The van der Waals surface area contributed by atoms with Gasteiger partial charge in [-0.1, -0.05) is 6.07 Å². The highest BCUT2D eigenvalue weighted by Gasteiger charge is 2.29. The quantitative estimate of drug-likeness (QED) is 0.700. The molecule has 1 saturated carbocycles. The van der Waals surface area contributed by atoms with Crippen molar-refractivity contribution in [2.24, 2.45) is 11.7 Å². The van der Waals surface area contributed by atoms with Gasteiger partial charge >= 0.3 is 5.97 Å². The van der Waals surface area contributed by atoms with Gasteiger partial charge in [-0.15, -0.1) is 0 Å². The summed E-state index contributed by atoms with van der Waals surface area (Å²) in [6.45, 7) is 1.55. The minimum Gasteiger partial charge on any atom is -0.468 e. The second-order valence-electron chi connectivity index (χ2n) is 7.13. The summed E-state index contributed by atoms with van der Waals surface area (Å²) >= 11 is 0. The monoisotopic (exact) mass is 347 g/mol. The van der Waals surface area contributed by atoms with Crippen molar-refractivity contribution < 1.29 is 14.3 Å². The van der Waals surface area contributed by atoms with Gasteiger partial charge in [0, 0.05) is 18.8 Å². The fourth-order valence-corrected chi connectivity index (χ4v) is 3.54. The summed E-state index contributed by atoms with van der Waals surface area (Å²) < 4.78 is 10.4. The first-order chi connectivity index (χ1) is 12.2. The van der Waals surface area contributed by atoms with Crippen LogP contribution in [0.3, 0.4) is 0 Å². The Kier molecular flexibility index (Phi) is 6.26. The number of fused-ring (bicyclic) bond motifs is 1. The standard InChI is InChI=1S/C19H29N3O3/c1-24-19(23)17(20)8-10-25-16-11-13(12-16)4-6-15-7-5-14-3-2-9-21-18(14)22-15/h5,7,13,16-17H,2-4,6,8-12,20H2,1H3,(H,21,22)/t13-,16+,17?. The van der Waals surface area contributed by atoms with Gasteiger partial charge in [-0.05, 0) is 62.5 Å². The van der Waals surface area contributed by atoms with Gasteiger partial charge < -0.3 is 20.5 Å². The highest BCUT2D eigenvalue weighted by atomic mass is 16.5. The smallest absolute Gasteiger partial charge is 0.322 e. The number of ether oxygens (including phenoxy) is 2. The Morgan fingerprint density at radius 3 is 3.08 bits per heavy atom. The van der Waals surface area contributed by atoms with E-state index in [4.69, 9.17) is 15.5 Å². The van der Waals surface area contributed by atoms with Crippen molar-refractivity contribution in [1.82, 2.24) is 4.98 Å². The maximum absolute atomic E-state index is 11.2. The Hall–Kier alpha value is -1.66. The molecule has 0 aromatic carbocycles. The highest BCUT2D eigenvalue weighted by Crippen LogP contribution is 2.34. The minimum atomic E-state index is -0.579. The molecule has 6 nitrogen and oxygen atoms in total. The van der Waals surface area contributed by atoms with Crippen LogP contribution in [0.2, 0.25) is 0 Å². The molecule has 2 aliphatic rings. The van der Waals surface area contributed by atoms with Crippen LogP contribution < -0.4 is 11.1 Å². The van der Waals surface area contributed by atoms with Crippen LogP contribution in [0, 0.1) is 5.92 Å². The van der Waals surface area contributed by atoms with Crippen molar-refractivity contribution in [3.63, 3.8) is 0 Å². The van der Waals surface area contributed by atoms with E-state index in [1.165, 1.54) is 24.8 Å². The second-order valence-corrected chi connectivity index (χ2v) is 7.13. The molecule has 1 fully saturated rings. The minimum absolute atomic E-state index is 0.313. The number of pyridine rings is 1. The summed E-state index contributed by atoms with van der Waals surface area (Å²) in [5.41, 5.74) is 8.22. The number of nitrogens with two attached hydrogens (primary N) is 1. The normalized spacial score (nSPS) is 23.1. The Balaban J connectivity index is 1.31. The van der Waals surface area contributed by atoms with Crippen LogP contribution >= 0.6 is 0 Å². The van der Waals surface area contributed by atoms with E-state index in [-0.39, 0.29) is 5.97 Å². The molecule has 6 heteroatoms. The lowest BCUT2D eigenvalue weighted by Gasteiger charge is -2.35. The van der Waals surface area contributed by atoms with Gasteiger partial charge in [0.15, 0.2) is 0 Å². The van der Waals surface area contributed by atoms with Crippen LogP contribution in [-0.2, 0) is 27.1 Å². The molecule has 0 bridgehead atoms. The van der Waals surface area contributed by atoms with Gasteiger partial charge in [0.25, 0.3) is 0 Å². The van der Waals surface area contributed by atoms with Crippen LogP contribution in [0.1, 0.15) is 43.4 Å². The Bertz CT molecular complexity index is 587. The number of hydrogen-bond acceptors (Lipinski definition) is 6. The van der Waals surface area contributed by atoms with E-state index in [2.05, 4.69) is 22.2 Å². The van der Waals surface area contributed by atoms with Crippen LogP contribution in [0.25, 0.3) is 0 Å². The summed E-state index contributed by atoms with van der Waals surface area (Å²) in [6.07, 6.45) is 7.53. The van der Waals surface area contributed by atoms with E-state index in [0.717, 1.165) is 44.5 Å². The van der Waals surface area contributed by atoms with Crippen molar-refractivity contribution in [2.75, 3.05) is 25.6 Å². The summed E-state index contributed by atoms with van der Waals surface area (Å²) in [4.78, 5) is 16.0. The molecule has 138 valence electrons. The molecule has 0 radical (unpaired) electrons. The predicted octanol–water partition coefficient (Wildman–Crippen LogP) is 2.06. The first-order valence-corrected chi connectivity index (χ1v) is 9.33. The third-order valence-electron chi connectivity index (χ3n) is 5.24. The van der Waals surface area contributed by atoms with E-state index < -0.39 is 6.04 Å². The van der Waals surface area contributed by atoms with Crippen LogP contribution in [0.4, 0.5) is 5.82 Å². The molecule has 25 heavy (non-hydrogen) atoms. The van der Waals surface area contributed by atoms with E-state index in [0.29, 0.717) is 25.0 Å². The van der Waals surface area contributed by atoms with Gasteiger partial charge in [0.1, 0.15) is 11.9 Å². The summed E-state index contributed by atoms with van der Waals surface area (Å²) in [7, 11) is 1.35. The van der Waals surface area contributed by atoms with Gasteiger partial charge in [-0.2, -0.15) is 0 Å². The molecular formula is C19H29N3O3. The number of carbonyl (C=O) groups excluding carboxylic acids is 1. The molecule has 3 N–H and O–H groups in total. The maximum atomic E-state index is 11.2. The van der Waals surface area contributed by atoms with Gasteiger partial charge in [-0.3, -0.25) is 4.79 Å². The average molecular weight is 347 g/mol. The first-order valence-electron chi connectivity index (χ1n) is 9.33. The van der Waals surface area contributed by atoms with E-state index >= 15 is 0 Å². The highest BCUT2D eigenvalue weighted by molar-refractivity contribution is 5.75. The Morgan fingerprint density at radius 1 is 1.44 bits per heavy atom. The lowest BCUT2D eigenvalue weighted by molar-refractivity contribution is -0.143. The predicted molar refractivity (Wildman–Crippen MR) is 96.4 cm³/mol. The topological polar surface area (TPSA) is 86.5 Å². The number of esters is 1. The lowest BCUT2D eigenvalue weighted by atomic mass is 9.79. The molecular weight excluding hydrogens is 318 g/mol. The fourth-order valence-electron chi connectivity index (χ4n) is 3.54. The molecule has 1 aromatic heterocycles. The molecule has 0 saturated heterocycles. The summed E-state index contributed by atoms with van der Waals surface area (Å²) in [5.74, 6) is 1.42. The molecule has 1 aliphatic carbocycles. The maximum Gasteiger partial charge on any atom is 0.322 e. The number of rotatable bonds is 8. The lowest BCUT2D eigenvalue weighted by Crippen LogP contribution is -2.36. The van der Waals surface area contributed by atoms with Gasteiger partial charge in [-0.25, -0.2) is 4.98 Å². The Labute approximate surface area is 149 Å². The van der Waals surface area contributed by atoms with Crippen molar-refractivity contribution in [1.29, 1.82) is 0 Å². The number of methoxy groups -OCH3 is 1. The molecule has 1 unspecified atom stereocenters. The van der Waals surface area contributed by atoms with Gasteiger partial charge in [0.2, 0.25) is 0 Å². The molecule has 2 heterocycles. The van der Waals surface area contributed by atoms with E-state index in [9.17, 15) is 4.79 Å². The van der Waals surface area contributed by atoms with Crippen molar-refractivity contribution in [2.45, 2.75) is 57.1 Å². The number of aromatic nitrogens is 1. The first kappa shape index (κ1) is 18.1. The SMILES string of the molecule is COC(=O)C(N)CCO[C@H]1C[C@@H](CCc2ccc3c(n2)NCCC3)C1. The van der Waals surface area contributed by atoms with E-state index in [1.54, 1.807) is 0 Å². The van der Waals surface area contributed by atoms with Crippen LogP contribution in [-0.4, -0.2) is 43.4 Å². The molecule has 1 aliphatic heterocycles. The molecule has 1 atom stereocenters. The number of aryl methyl sites for hydroxylation is 2. The zero-order valence-electron chi connectivity index (χ0n) is 15.0. The number of nitrogens with zero attached hydrogens (tertiary/aromatic N) is 1. The third-order valence-corrected chi connectivity index (χ3v) is 5.24. The number of hydrogen-bond donors (Lipinski definition) is 2. The molecule has 3 rings (SSSR count). The van der Waals surface area contributed by atoms with Crippen molar-refractivity contribution in [3.8, 4) is 0 Å². The zero-order chi connectivity index (χ0) is 17.6. The molecule has 1 aromatic rings. The number of anilines is 1. The van der Waals surface area contributed by atoms with Crippen LogP contribution in [0.5, 0.6) is 0 Å². The summed E-state index contributed by atoms with van der Waals surface area (Å²) in [6, 6.07) is 3.82. The Morgan fingerprint density at radius 2 is 2.28 bits per heavy atom. The van der Waals surface area contributed by atoms with Crippen LogP contribution in [0.15, 0.2) is 12.1 Å². The van der Waals surface area contributed by atoms with E-state index in [1.807, 2.05) is 0 Å². The fraction of sp³-hybridized carbons (Fsp3) is 0.684. The second kappa shape index (κ2) is 8.63. The number of nitrogens with one attached hydrogen (secondary N) is 1. The molecule has 0 amide bonds. The van der Waals surface area contributed by atoms with Crippen molar-refractivity contribution >= 4 is 11.8 Å². The van der Waals surface area contributed by atoms with Gasteiger partial charge in [0.05, 0.1) is 13.2 Å². The third kappa shape index (κ3) is 4.92. The number of carbonyl (C=O) groups is 1. The van der Waals surface area contributed by atoms with Crippen molar-refractivity contribution in [3.05, 3.63) is 23.4 Å². The average Bonchev–Trinajstić information content (AvgIpc) is 2.61. The largest absolute Gasteiger partial charge is 0.468 e. The zero-order valence-corrected chi connectivity index (χ0v) is 15.0.